The molecule has 0 spiro atoms. The Bertz CT molecular complexity index is 2110. The van der Waals surface area contributed by atoms with Crippen molar-refractivity contribution < 1.29 is 40.0 Å². The second kappa shape index (κ2) is 14.8. The van der Waals surface area contributed by atoms with Crippen LogP contribution < -0.4 is 22.3 Å². The van der Waals surface area contributed by atoms with Gasteiger partial charge in [0.05, 0.1) is 15.4 Å². The molecule has 3 aromatic carbocycles. The zero-order chi connectivity index (χ0) is 36.0. The number of sulfone groups is 2. The number of hydrogen-bond donors (Lipinski definition) is 4. The fraction of sp³-hybridized carbons (Fsp3) is 0.194. The summed E-state index contributed by atoms with van der Waals surface area (Å²) in [4.78, 5) is 26.6. The molecule has 0 atom stereocenters. The maximum Gasteiger partial charge on any atom is 0.416 e. The van der Waals surface area contributed by atoms with Crippen LogP contribution in [0.25, 0.3) is 5.69 Å². The van der Waals surface area contributed by atoms with Gasteiger partial charge in [-0.05, 0) is 66.6 Å². The topological polar surface area (TPSA) is 204 Å². The van der Waals surface area contributed by atoms with Gasteiger partial charge in [-0.3, -0.25) is 14.2 Å². The van der Waals surface area contributed by atoms with E-state index in [1.165, 1.54) is 43.5 Å². The monoisotopic (exact) mass is 707 g/mol. The Kier molecular flexibility index (Phi) is 11.6. The first-order valence-electron chi connectivity index (χ1n) is 13.8. The number of carbonyl (C=O) groups is 1. The molecule has 6 N–H and O–H groups in total. The average Bonchev–Trinajstić information content (AvgIpc) is 3.03. The van der Waals surface area contributed by atoms with Crippen molar-refractivity contribution in [1.82, 2.24) is 9.88 Å². The molecule has 0 bridgehead atoms. The van der Waals surface area contributed by atoms with Gasteiger partial charge < -0.3 is 22.0 Å². The van der Waals surface area contributed by atoms with Gasteiger partial charge in [0.25, 0.3) is 11.5 Å². The highest BCUT2D eigenvalue weighted by Crippen LogP contribution is 2.30. The van der Waals surface area contributed by atoms with Crippen LogP contribution in [0, 0.1) is 6.92 Å². The minimum absolute atomic E-state index is 0.0440. The lowest BCUT2D eigenvalue weighted by Crippen LogP contribution is -2.35. The Balaban J connectivity index is 0.000000437. The summed E-state index contributed by atoms with van der Waals surface area (Å²) in [6, 6.07) is 17.3. The van der Waals surface area contributed by atoms with Crippen LogP contribution in [0.1, 0.15) is 38.3 Å². The third-order valence-corrected chi connectivity index (χ3v) is 9.16. The van der Waals surface area contributed by atoms with Gasteiger partial charge in [0.2, 0.25) is 0 Å². The quantitative estimate of drug-likeness (QED) is 0.0918. The summed E-state index contributed by atoms with van der Waals surface area (Å²) in [6.45, 7) is 1.72. The van der Waals surface area contributed by atoms with Crippen molar-refractivity contribution in [2.24, 2.45) is 16.6 Å². The largest absolute Gasteiger partial charge is 0.416 e. The first kappa shape index (κ1) is 37.5. The smallest absolute Gasteiger partial charge is 0.409 e. The minimum Gasteiger partial charge on any atom is -0.409 e. The summed E-state index contributed by atoms with van der Waals surface area (Å²) in [5, 5.41) is 14.5. The van der Waals surface area contributed by atoms with E-state index in [1.54, 1.807) is 24.3 Å². The molecule has 0 aliphatic heterocycles. The van der Waals surface area contributed by atoms with E-state index in [2.05, 4.69) is 10.5 Å². The minimum atomic E-state index is -4.68. The molecule has 0 aliphatic carbocycles. The predicted octanol–water partition coefficient (Wildman–Crippen LogP) is 3.14. The maximum absolute atomic E-state index is 13.2. The van der Waals surface area contributed by atoms with E-state index in [9.17, 15) is 39.6 Å². The number of amides is 1. The zero-order valence-corrected chi connectivity index (χ0v) is 27.4. The van der Waals surface area contributed by atoms with E-state index in [4.69, 9.17) is 16.7 Å². The first-order chi connectivity index (χ1) is 22.3. The first-order valence-corrected chi connectivity index (χ1v) is 17.5. The second-order valence-electron chi connectivity index (χ2n) is 10.5. The summed E-state index contributed by atoms with van der Waals surface area (Å²) < 4.78 is 85.8. The number of pyridine rings is 1. The van der Waals surface area contributed by atoms with Crippen LogP contribution in [0.5, 0.6) is 0 Å². The molecular weight excluding hydrogens is 675 g/mol. The lowest BCUT2D eigenvalue weighted by atomic mass is 10.1. The number of carbonyl (C=O) groups excluding carboxylic acids is 1. The summed E-state index contributed by atoms with van der Waals surface area (Å²) in [5.41, 5.74) is 9.94. The van der Waals surface area contributed by atoms with Gasteiger partial charge in [-0.1, -0.05) is 35.5 Å². The van der Waals surface area contributed by atoms with Crippen LogP contribution in [-0.4, -0.2) is 50.9 Å². The van der Waals surface area contributed by atoms with Gasteiger partial charge in [-0.15, -0.1) is 0 Å². The van der Waals surface area contributed by atoms with Crippen molar-refractivity contribution in [3.63, 3.8) is 0 Å². The molecule has 12 nitrogen and oxygen atoms in total. The normalized spacial score (nSPS) is 12.2. The van der Waals surface area contributed by atoms with E-state index < -0.39 is 54.3 Å². The van der Waals surface area contributed by atoms with Gasteiger partial charge in [-0.2, -0.15) is 13.2 Å². The standard InChI is InChI=1S/C23H21F3N4O5S.C8H11NO2S/c1-13-18(20(27)29-33)11-19(21(31)28-12-14-6-8-17(9-7-14)36(2,34)35)22(32)30(13)16-5-3-4-15(10-16)23(24,25)26;1-12(10,11)8-4-2-7(6-9)3-5-8/h3-11,33H,12H2,1-2H3,(H2,27,29)(H,28,31);2-5H,6,9H2,1H3. The lowest BCUT2D eigenvalue weighted by Gasteiger charge is -2.17. The predicted molar refractivity (Wildman–Crippen MR) is 172 cm³/mol. The summed E-state index contributed by atoms with van der Waals surface area (Å²) >= 11 is 0. The van der Waals surface area contributed by atoms with Crippen LogP contribution >= 0.6 is 0 Å². The number of benzene rings is 3. The van der Waals surface area contributed by atoms with E-state index >= 15 is 0 Å². The Morgan fingerprint density at radius 2 is 1.40 bits per heavy atom. The number of nitrogens with two attached hydrogens (primary N) is 2. The number of halogens is 3. The zero-order valence-electron chi connectivity index (χ0n) is 25.8. The molecular formula is C31H32F3N5O7S2. The molecule has 256 valence electrons. The van der Waals surface area contributed by atoms with Crippen molar-refractivity contribution in [3.8, 4) is 5.69 Å². The van der Waals surface area contributed by atoms with Crippen LogP contribution in [0.4, 0.5) is 13.2 Å². The molecule has 1 amide bonds. The lowest BCUT2D eigenvalue weighted by molar-refractivity contribution is -0.137. The fourth-order valence-corrected chi connectivity index (χ4v) is 5.58. The van der Waals surface area contributed by atoms with Crippen LogP contribution in [0.2, 0.25) is 0 Å². The number of aromatic nitrogens is 1. The van der Waals surface area contributed by atoms with E-state index in [1.807, 2.05) is 0 Å². The van der Waals surface area contributed by atoms with E-state index in [0.717, 1.165) is 40.7 Å². The molecule has 0 radical (unpaired) electrons. The van der Waals surface area contributed by atoms with Gasteiger partial charge in [0, 0.05) is 42.5 Å². The van der Waals surface area contributed by atoms with Crippen LogP contribution in [-0.2, 0) is 38.9 Å². The Morgan fingerprint density at radius 1 is 0.875 bits per heavy atom. The summed E-state index contributed by atoms with van der Waals surface area (Å²) in [7, 11) is -6.48. The molecule has 4 aromatic rings. The molecule has 0 fully saturated rings. The number of oxime groups is 1. The Hall–Kier alpha value is -5.00. The molecule has 0 unspecified atom stereocenters. The number of hydrogen-bond acceptors (Lipinski definition) is 9. The number of rotatable bonds is 8. The van der Waals surface area contributed by atoms with Crippen LogP contribution in [0.3, 0.4) is 0 Å². The van der Waals surface area contributed by atoms with Gasteiger partial charge in [0.15, 0.2) is 25.5 Å². The number of alkyl halides is 3. The van der Waals surface area contributed by atoms with Crippen molar-refractivity contribution in [3.05, 3.63) is 123 Å². The summed E-state index contributed by atoms with van der Waals surface area (Å²) in [5.74, 6) is -1.33. The third-order valence-electron chi connectivity index (χ3n) is 6.90. The number of nitrogens with one attached hydrogen (secondary N) is 1. The molecule has 1 heterocycles. The Morgan fingerprint density at radius 3 is 1.85 bits per heavy atom. The number of amidine groups is 1. The van der Waals surface area contributed by atoms with Crippen molar-refractivity contribution in [2.45, 2.75) is 36.0 Å². The highest BCUT2D eigenvalue weighted by atomic mass is 32.2. The number of nitrogens with zero attached hydrogens (tertiary/aromatic N) is 2. The molecule has 1 aromatic heterocycles. The fourth-order valence-electron chi connectivity index (χ4n) is 4.32. The highest BCUT2D eigenvalue weighted by molar-refractivity contribution is 7.91. The SMILES string of the molecule is CS(=O)(=O)c1ccc(CN)cc1.Cc1c(C(N)=NO)cc(C(=O)NCc2ccc(S(C)(=O)=O)cc2)c(=O)n1-c1cccc(C(F)(F)F)c1. The van der Waals surface area contributed by atoms with E-state index in [-0.39, 0.29) is 28.4 Å². The van der Waals surface area contributed by atoms with Gasteiger partial charge in [0.1, 0.15) is 5.56 Å². The molecule has 48 heavy (non-hydrogen) atoms. The molecule has 4 rings (SSSR count). The maximum atomic E-state index is 13.2. The van der Waals surface area contributed by atoms with Crippen molar-refractivity contribution >= 4 is 31.4 Å². The van der Waals surface area contributed by atoms with Gasteiger partial charge in [-0.25, -0.2) is 16.8 Å². The van der Waals surface area contributed by atoms with Crippen molar-refractivity contribution in [2.75, 3.05) is 12.5 Å². The van der Waals surface area contributed by atoms with Crippen LogP contribution in [0.15, 0.2) is 98.6 Å². The van der Waals surface area contributed by atoms with Crippen molar-refractivity contribution in [1.29, 1.82) is 0 Å². The van der Waals surface area contributed by atoms with Gasteiger partial charge >= 0.3 is 6.18 Å². The molecule has 17 heteroatoms. The average molecular weight is 708 g/mol. The molecule has 0 saturated carbocycles. The highest BCUT2D eigenvalue weighted by Gasteiger charge is 2.31. The third kappa shape index (κ3) is 9.30. The Labute approximate surface area is 274 Å². The summed E-state index contributed by atoms with van der Waals surface area (Å²) in [6.07, 6.45) is -2.44. The molecule has 0 saturated heterocycles. The molecule has 0 aliphatic rings. The van der Waals surface area contributed by atoms with E-state index in [0.29, 0.717) is 17.0 Å². The second-order valence-corrected chi connectivity index (χ2v) is 14.5.